The van der Waals surface area contributed by atoms with Crippen molar-refractivity contribution in [3.63, 3.8) is 0 Å². The number of hydrogen-bond acceptors (Lipinski definition) is 3. The zero-order valence-corrected chi connectivity index (χ0v) is 16.0. The molecule has 1 unspecified atom stereocenters. The Morgan fingerprint density at radius 3 is 2.57 bits per heavy atom. The van der Waals surface area contributed by atoms with E-state index in [1.807, 2.05) is 60.7 Å². The van der Waals surface area contributed by atoms with Gasteiger partial charge in [-0.15, -0.1) is 0 Å². The number of carbonyl (C=O) groups excluding carboxylic acids is 1. The highest BCUT2D eigenvalue weighted by Crippen LogP contribution is 2.30. The number of hydrogen-bond donors (Lipinski definition) is 3. The number of aromatic amines is 1. The summed E-state index contributed by atoms with van der Waals surface area (Å²) in [6, 6.07) is 19.7. The molecule has 28 heavy (non-hydrogen) atoms. The average Bonchev–Trinajstić information content (AvgIpc) is 3.19. The van der Waals surface area contributed by atoms with Crippen molar-refractivity contribution < 1.29 is 9.90 Å². The average molecular weight is 377 g/mol. The van der Waals surface area contributed by atoms with Gasteiger partial charge in [-0.2, -0.15) is 0 Å². The lowest BCUT2D eigenvalue weighted by molar-refractivity contribution is 0.0589. The van der Waals surface area contributed by atoms with Gasteiger partial charge in [0.05, 0.1) is 6.10 Å². The monoisotopic (exact) mass is 377 g/mol. The third kappa shape index (κ3) is 4.26. The Hall–Kier alpha value is -2.63. The molecule has 146 valence electrons. The molecule has 1 aromatic heterocycles. The summed E-state index contributed by atoms with van der Waals surface area (Å²) < 4.78 is 0. The number of likely N-dealkylation sites (tertiary alicyclic amines) is 1. The van der Waals surface area contributed by atoms with Gasteiger partial charge >= 0.3 is 0 Å². The van der Waals surface area contributed by atoms with Crippen molar-refractivity contribution in [2.24, 2.45) is 5.92 Å². The fourth-order valence-electron chi connectivity index (χ4n) is 4.03. The van der Waals surface area contributed by atoms with E-state index in [4.69, 9.17) is 0 Å². The highest BCUT2D eigenvalue weighted by molar-refractivity contribution is 5.97. The van der Waals surface area contributed by atoms with Crippen LogP contribution >= 0.6 is 0 Å². The zero-order valence-electron chi connectivity index (χ0n) is 16.0. The molecule has 1 aliphatic heterocycles. The predicted molar refractivity (Wildman–Crippen MR) is 111 cm³/mol. The third-order valence-electron chi connectivity index (χ3n) is 5.71. The van der Waals surface area contributed by atoms with Crippen LogP contribution in [0.4, 0.5) is 0 Å². The van der Waals surface area contributed by atoms with Crippen LogP contribution in [0, 0.1) is 5.92 Å². The largest absolute Gasteiger partial charge is 0.388 e. The molecule has 2 heterocycles. The first-order valence-corrected chi connectivity index (χ1v) is 10.0. The lowest BCUT2D eigenvalue weighted by Gasteiger charge is -2.34. The molecule has 0 bridgehead atoms. The highest BCUT2D eigenvalue weighted by Gasteiger charge is 2.26. The zero-order chi connectivity index (χ0) is 19.3. The number of aromatic nitrogens is 1. The van der Waals surface area contributed by atoms with Crippen molar-refractivity contribution in [3.8, 4) is 0 Å². The summed E-state index contributed by atoms with van der Waals surface area (Å²) in [5, 5.41) is 14.6. The Morgan fingerprint density at radius 2 is 1.82 bits per heavy atom. The fraction of sp³-hybridized carbons (Fsp3) is 0.348. The molecule has 1 saturated heterocycles. The number of benzene rings is 2. The van der Waals surface area contributed by atoms with E-state index in [-0.39, 0.29) is 12.0 Å². The summed E-state index contributed by atoms with van der Waals surface area (Å²) >= 11 is 0. The first-order chi connectivity index (χ1) is 13.7. The normalized spacial score (nSPS) is 16.9. The van der Waals surface area contributed by atoms with Crippen molar-refractivity contribution in [1.82, 2.24) is 15.2 Å². The van der Waals surface area contributed by atoms with Crippen molar-refractivity contribution in [2.75, 3.05) is 26.2 Å². The van der Waals surface area contributed by atoms with Crippen LogP contribution in [-0.4, -0.2) is 47.1 Å². The van der Waals surface area contributed by atoms with Crippen molar-refractivity contribution in [3.05, 3.63) is 71.9 Å². The van der Waals surface area contributed by atoms with Crippen LogP contribution in [0.25, 0.3) is 10.9 Å². The second-order valence-corrected chi connectivity index (χ2v) is 7.56. The third-order valence-corrected chi connectivity index (χ3v) is 5.71. The van der Waals surface area contributed by atoms with Gasteiger partial charge in [-0.25, -0.2) is 0 Å². The molecule has 1 aliphatic rings. The molecule has 0 radical (unpaired) electrons. The molecule has 3 aromatic rings. The number of aliphatic hydroxyl groups is 1. The molecule has 4 rings (SSSR count). The lowest BCUT2D eigenvalue weighted by atomic mass is 9.87. The van der Waals surface area contributed by atoms with E-state index in [1.54, 1.807) is 0 Å². The topological polar surface area (TPSA) is 68.4 Å². The summed E-state index contributed by atoms with van der Waals surface area (Å²) in [4.78, 5) is 17.9. The summed E-state index contributed by atoms with van der Waals surface area (Å²) in [6.45, 7) is 3.37. The Kier molecular flexibility index (Phi) is 5.74. The minimum atomic E-state index is -0.384. The summed E-state index contributed by atoms with van der Waals surface area (Å²) in [6.07, 6.45) is 1.57. The molecular weight excluding hydrogens is 350 g/mol. The number of fused-ring (bicyclic) bond motifs is 1. The number of nitrogens with one attached hydrogen (secondary N) is 2. The molecule has 5 heteroatoms. The maximum atomic E-state index is 12.4. The summed E-state index contributed by atoms with van der Waals surface area (Å²) in [5.74, 6) is 0.241. The van der Waals surface area contributed by atoms with E-state index in [1.165, 1.54) is 0 Å². The SMILES string of the molecule is O=C(NCCN1CCC(C(O)c2ccccc2)CC1)c1cc2ccccc2[nH]1. The Morgan fingerprint density at radius 1 is 1.11 bits per heavy atom. The van der Waals surface area contributed by atoms with E-state index in [0.717, 1.165) is 48.9 Å². The van der Waals surface area contributed by atoms with Gasteiger partial charge in [0.1, 0.15) is 5.69 Å². The molecule has 1 atom stereocenters. The quantitative estimate of drug-likeness (QED) is 0.617. The molecule has 5 nitrogen and oxygen atoms in total. The lowest BCUT2D eigenvalue weighted by Crippen LogP contribution is -2.40. The number of nitrogens with zero attached hydrogens (tertiary/aromatic N) is 1. The molecule has 2 aromatic carbocycles. The number of aliphatic hydroxyl groups excluding tert-OH is 1. The first-order valence-electron chi connectivity index (χ1n) is 10.0. The van der Waals surface area contributed by atoms with Crippen LogP contribution in [0.1, 0.15) is 35.0 Å². The Labute approximate surface area is 165 Å². The van der Waals surface area contributed by atoms with Crippen LogP contribution in [0.3, 0.4) is 0 Å². The number of rotatable bonds is 6. The van der Waals surface area contributed by atoms with Gasteiger partial charge in [-0.05, 0) is 49.5 Å². The minimum Gasteiger partial charge on any atom is -0.388 e. The van der Waals surface area contributed by atoms with Crippen molar-refractivity contribution >= 4 is 16.8 Å². The van der Waals surface area contributed by atoms with Crippen LogP contribution in [0.2, 0.25) is 0 Å². The van der Waals surface area contributed by atoms with Gasteiger partial charge < -0.3 is 20.3 Å². The van der Waals surface area contributed by atoms with E-state index in [0.29, 0.717) is 18.2 Å². The van der Waals surface area contributed by atoms with E-state index in [2.05, 4.69) is 15.2 Å². The molecule has 3 N–H and O–H groups in total. The fourth-order valence-corrected chi connectivity index (χ4v) is 4.03. The standard InChI is InChI=1S/C23H27N3O2/c27-22(17-6-2-1-3-7-17)18-10-13-26(14-11-18)15-12-24-23(28)21-16-19-8-4-5-9-20(19)25-21/h1-9,16,18,22,25,27H,10-15H2,(H,24,28). The van der Waals surface area contributed by atoms with Gasteiger partial charge in [-0.3, -0.25) is 4.79 Å². The molecule has 0 aliphatic carbocycles. The highest BCUT2D eigenvalue weighted by atomic mass is 16.3. The van der Waals surface area contributed by atoms with E-state index >= 15 is 0 Å². The molecule has 0 spiro atoms. The predicted octanol–water partition coefficient (Wildman–Crippen LogP) is 3.34. The van der Waals surface area contributed by atoms with Gasteiger partial charge in [0.2, 0.25) is 0 Å². The van der Waals surface area contributed by atoms with Gasteiger partial charge in [0.25, 0.3) is 5.91 Å². The summed E-state index contributed by atoms with van der Waals surface area (Å²) in [5.41, 5.74) is 2.59. The van der Waals surface area contributed by atoms with Gasteiger partial charge in [0, 0.05) is 24.0 Å². The van der Waals surface area contributed by atoms with Crippen LogP contribution in [0.15, 0.2) is 60.7 Å². The van der Waals surface area contributed by atoms with Crippen LogP contribution in [0.5, 0.6) is 0 Å². The second-order valence-electron chi connectivity index (χ2n) is 7.56. The number of carbonyl (C=O) groups is 1. The van der Waals surface area contributed by atoms with E-state index in [9.17, 15) is 9.90 Å². The van der Waals surface area contributed by atoms with Crippen molar-refractivity contribution in [2.45, 2.75) is 18.9 Å². The number of piperidine rings is 1. The van der Waals surface area contributed by atoms with E-state index < -0.39 is 0 Å². The molecule has 1 amide bonds. The maximum Gasteiger partial charge on any atom is 0.267 e. The smallest absolute Gasteiger partial charge is 0.267 e. The Balaban J connectivity index is 1.22. The molecular formula is C23H27N3O2. The number of para-hydroxylation sites is 1. The summed E-state index contributed by atoms with van der Waals surface area (Å²) in [7, 11) is 0. The van der Waals surface area contributed by atoms with Crippen LogP contribution in [-0.2, 0) is 0 Å². The van der Waals surface area contributed by atoms with Crippen molar-refractivity contribution in [1.29, 1.82) is 0 Å². The molecule has 1 fully saturated rings. The second kappa shape index (κ2) is 8.59. The maximum absolute atomic E-state index is 12.4. The number of H-pyrrole nitrogens is 1. The van der Waals surface area contributed by atoms with Gasteiger partial charge in [0.15, 0.2) is 0 Å². The van der Waals surface area contributed by atoms with Gasteiger partial charge in [-0.1, -0.05) is 48.5 Å². The Bertz CT molecular complexity index is 881. The molecule has 0 saturated carbocycles. The minimum absolute atomic E-state index is 0.0643. The van der Waals surface area contributed by atoms with Crippen LogP contribution < -0.4 is 5.32 Å². The first kappa shape index (κ1) is 18.7. The number of amides is 1.